The summed E-state index contributed by atoms with van der Waals surface area (Å²) < 4.78 is 0. The molecule has 0 spiro atoms. The molecule has 19 heavy (non-hydrogen) atoms. The van der Waals surface area contributed by atoms with Crippen molar-refractivity contribution in [1.82, 2.24) is 10.2 Å². The predicted octanol–water partition coefficient (Wildman–Crippen LogP) is 1.24. The van der Waals surface area contributed by atoms with E-state index in [-0.39, 0.29) is 6.54 Å². The highest BCUT2D eigenvalue weighted by atomic mass is 35.5. The monoisotopic (exact) mass is 282 g/mol. The highest BCUT2D eigenvalue weighted by Gasteiger charge is 2.39. The summed E-state index contributed by atoms with van der Waals surface area (Å²) in [4.78, 5) is 35.1. The lowest BCUT2D eigenvalue weighted by molar-refractivity contribution is -0.140. The summed E-state index contributed by atoms with van der Waals surface area (Å²) in [5.74, 6) is -1.69. The maximum atomic E-state index is 11.9. The highest BCUT2D eigenvalue weighted by Crippen LogP contribution is 2.20. The third-order valence-corrected chi connectivity index (χ3v) is 3.14. The number of hydrogen-bond acceptors (Lipinski definition) is 3. The molecule has 1 saturated heterocycles. The normalized spacial score (nSPS) is 18.6. The first-order valence-electron chi connectivity index (χ1n) is 5.56. The fourth-order valence-electron chi connectivity index (χ4n) is 1.84. The molecule has 0 bridgehead atoms. The van der Waals surface area contributed by atoms with Crippen LogP contribution in [0.3, 0.4) is 0 Å². The van der Waals surface area contributed by atoms with Crippen LogP contribution >= 0.6 is 11.6 Å². The molecular formula is C12H11ClN2O4. The van der Waals surface area contributed by atoms with E-state index in [1.807, 2.05) is 0 Å². The number of nitrogens with zero attached hydrogens (tertiary/aromatic N) is 1. The van der Waals surface area contributed by atoms with Gasteiger partial charge in [0.25, 0.3) is 5.91 Å². The van der Waals surface area contributed by atoms with Crippen molar-refractivity contribution in [1.29, 1.82) is 0 Å². The molecule has 2 N–H and O–H groups in total. The number of benzene rings is 1. The molecule has 0 radical (unpaired) electrons. The van der Waals surface area contributed by atoms with Crippen molar-refractivity contribution in [2.24, 2.45) is 0 Å². The van der Waals surface area contributed by atoms with Crippen molar-refractivity contribution in [2.75, 3.05) is 0 Å². The molecular weight excluding hydrogens is 272 g/mol. The zero-order valence-electron chi connectivity index (χ0n) is 9.80. The predicted molar refractivity (Wildman–Crippen MR) is 66.6 cm³/mol. The molecule has 1 aromatic carbocycles. The number of amides is 3. The van der Waals surface area contributed by atoms with E-state index in [0.29, 0.717) is 10.6 Å². The van der Waals surface area contributed by atoms with E-state index < -0.39 is 30.4 Å². The molecule has 2 rings (SSSR count). The van der Waals surface area contributed by atoms with Crippen LogP contribution < -0.4 is 5.32 Å². The molecule has 7 heteroatoms. The average Bonchev–Trinajstić information content (AvgIpc) is 2.59. The fourth-order valence-corrected chi connectivity index (χ4v) is 2.03. The Balaban J connectivity index is 2.13. The van der Waals surface area contributed by atoms with Crippen molar-refractivity contribution in [3.8, 4) is 0 Å². The lowest BCUT2D eigenvalue weighted by Gasteiger charge is -2.13. The van der Waals surface area contributed by atoms with E-state index in [1.165, 1.54) is 0 Å². The van der Waals surface area contributed by atoms with Crippen molar-refractivity contribution < 1.29 is 19.5 Å². The second-order valence-electron chi connectivity index (χ2n) is 4.12. The Hall–Kier alpha value is -2.08. The minimum atomic E-state index is -1.14. The standard InChI is InChI=1S/C12H11ClN2O4/c13-8-4-2-1-3-7(8)6-15-11(18)9(5-10(16)17)14-12(15)19/h1-4,9H,5-6H2,(H,14,19)(H,16,17). The van der Waals surface area contributed by atoms with Crippen LogP contribution in [0.2, 0.25) is 5.02 Å². The number of carboxylic acids is 1. The van der Waals surface area contributed by atoms with Gasteiger partial charge in [0, 0.05) is 5.02 Å². The quantitative estimate of drug-likeness (QED) is 0.813. The van der Waals surface area contributed by atoms with Crippen LogP contribution in [-0.2, 0) is 16.1 Å². The molecule has 0 aromatic heterocycles. The van der Waals surface area contributed by atoms with Gasteiger partial charge in [-0.2, -0.15) is 0 Å². The number of aliphatic carboxylic acids is 1. The minimum Gasteiger partial charge on any atom is -0.481 e. The SMILES string of the molecule is O=C(O)CC1NC(=O)N(Cc2ccccc2Cl)C1=O. The van der Waals surface area contributed by atoms with E-state index in [2.05, 4.69) is 5.32 Å². The first kappa shape index (κ1) is 13.4. The molecule has 1 unspecified atom stereocenters. The Morgan fingerprint density at radius 2 is 2.05 bits per heavy atom. The van der Waals surface area contributed by atoms with Gasteiger partial charge in [0.05, 0.1) is 13.0 Å². The number of urea groups is 1. The number of carbonyl (C=O) groups is 3. The third kappa shape index (κ3) is 2.85. The van der Waals surface area contributed by atoms with Gasteiger partial charge in [0.1, 0.15) is 6.04 Å². The summed E-state index contributed by atoms with van der Waals surface area (Å²) in [5.41, 5.74) is 0.628. The second kappa shape index (κ2) is 5.27. The van der Waals surface area contributed by atoms with Gasteiger partial charge in [-0.1, -0.05) is 29.8 Å². The van der Waals surface area contributed by atoms with Gasteiger partial charge in [-0.15, -0.1) is 0 Å². The van der Waals surface area contributed by atoms with Crippen molar-refractivity contribution in [2.45, 2.75) is 19.0 Å². The molecule has 1 atom stereocenters. The Labute approximate surface area is 114 Å². The Morgan fingerprint density at radius 1 is 1.37 bits per heavy atom. The van der Waals surface area contributed by atoms with Gasteiger partial charge in [-0.25, -0.2) is 4.79 Å². The van der Waals surface area contributed by atoms with Crippen LogP contribution in [0.5, 0.6) is 0 Å². The lowest BCUT2D eigenvalue weighted by Crippen LogP contribution is -2.32. The number of nitrogens with one attached hydrogen (secondary N) is 1. The first-order valence-corrected chi connectivity index (χ1v) is 5.94. The van der Waals surface area contributed by atoms with Gasteiger partial charge < -0.3 is 10.4 Å². The first-order chi connectivity index (χ1) is 8.99. The maximum absolute atomic E-state index is 11.9. The number of carbonyl (C=O) groups excluding carboxylic acids is 2. The molecule has 100 valence electrons. The zero-order valence-corrected chi connectivity index (χ0v) is 10.6. The Bertz CT molecular complexity index is 546. The van der Waals surface area contributed by atoms with Crippen molar-refractivity contribution in [3.63, 3.8) is 0 Å². The van der Waals surface area contributed by atoms with Gasteiger partial charge >= 0.3 is 12.0 Å². The van der Waals surface area contributed by atoms with E-state index in [4.69, 9.17) is 16.7 Å². The summed E-state index contributed by atoms with van der Waals surface area (Å²) in [6.07, 6.45) is -0.427. The summed E-state index contributed by atoms with van der Waals surface area (Å²) in [5, 5.41) is 11.4. The number of carboxylic acid groups (broad SMARTS) is 1. The lowest BCUT2D eigenvalue weighted by atomic mass is 10.2. The maximum Gasteiger partial charge on any atom is 0.325 e. The Morgan fingerprint density at radius 3 is 2.68 bits per heavy atom. The summed E-state index contributed by atoms with van der Waals surface area (Å²) in [7, 11) is 0. The Kier molecular flexibility index (Phi) is 3.71. The molecule has 0 aliphatic carbocycles. The summed E-state index contributed by atoms with van der Waals surface area (Å²) in [6, 6.07) is 5.24. The number of hydrogen-bond donors (Lipinski definition) is 2. The molecule has 6 nitrogen and oxygen atoms in total. The zero-order chi connectivity index (χ0) is 14.0. The van der Waals surface area contributed by atoms with Gasteiger partial charge in [-0.05, 0) is 11.6 Å². The van der Waals surface area contributed by atoms with Gasteiger partial charge in [0.2, 0.25) is 0 Å². The fraction of sp³-hybridized carbons (Fsp3) is 0.250. The topological polar surface area (TPSA) is 86.7 Å². The molecule has 0 saturated carbocycles. The molecule has 1 aromatic rings. The number of imide groups is 1. The molecule has 3 amide bonds. The van der Waals surface area contributed by atoms with E-state index in [0.717, 1.165) is 4.90 Å². The van der Waals surface area contributed by atoms with E-state index >= 15 is 0 Å². The van der Waals surface area contributed by atoms with Crippen LogP contribution in [0.4, 0.5) is 4.79 Å². The minimum absolute atomic E-state index is 0.0282. The summed E-state index contributed by atoms with van der Waals surface area (Å²) in [6.45, 7) is 0.0282. The van der Waals surface area contributed by atoms with Crippen LogP contribution in [0.25, 0.3) is 0 Å². The van der Waals surface area contributed by atoms with Crippen LogP contribution in [0.15, 0.2) is 24.3 Å². The second-order valence-corrected chi connectivity index (χ2v) is 4.52. The number of rotatable bonds is 4. The highest BCUT2D eigenvalue weighted by molar-refractivity contribution is 6.31. The van der Waals surface area contributed by atoms with Crippen LogP contribution in [-0.4, -0.2) is 34.0 Å². The van der Waals surface area contributed by atoms with Gasteiger partial charge in [0.15, 0.2) is 0 Å². The summed E-state index contributed by atoms with van der Waals surface area (Å²) >= 11 is 5.96. The average molecular weight is 283 g/mol. The van der Waals surface area contributed by atoms with E-state index in [9.17, 15) is 14.4 Å². The van der Waals surface area contributed by atoms with Gasteiger partial charge in [-0.3, -0.25) is 14.5 Å². The molecule has 1 heterocycles. The van der Waals surface area contributed by atoms with E-state index in [1.54, 1.807) is 24.3 Å². The molecule has 1 aliphatic heterocycles. The molecule has 1 aliphatic rings. The largest absolute Gasteiger partial charge is 0.481 e. The smallest absolute Gasteiger partial charge is 0.325 e. The molecule has 1 fully saturated rings. The van der Waals surface area contributed by atoms with Crippen LogP contribution in [0, 0.1) is 0 Å². The van der Waals surface area contributed by atoms with Crippen molar-refractivity contribution >= 4 is 29.5 Å². The number of halogens is 1. The van der Waals surface area contributed by atoms with Crippen LogP contribution in [0.1, 0.15) is 12.0 Å². The third-order valence-electron chi connectivity index (χ3n) is 2.77. The van der Waals surface area contributed by atoms with Crippen molar-refractivity contribution in [3.05, 3.63) is 34.9 Å².